The Morgan fingerprint density at radius 2 is 1.90 bits per heavy atom. The van der Waals surface area contributed by atoms with Gasteiger partial charge in [0.15, 0.2) is 0 Å². The molecule has 0 bridgehead atoms. The minimum atomic E-state index is -0.0209. The normalized spacial score (nSPS) is 19.6. The van der Waals surface area contributed by atoms with Crippen LogP contribution in [0.15, 0.2) is 18.5 Å². The van der Waals surface area contributed by atoms with Gasteiger partial charge in [-0.1, -0.05) is 12.8 Å². The van der Waals surface area contributed by atoms with Gasteiger partial charge in [-0.2, -0.15) is 0 Å². The van der Waals surface area contributed by atoms with Gasteiger partial charge in [0, 0.05) is 17.9 Å². The van der Waals surface area contributed by atoms with Crippen molar-refractivity contribution < 1.29 is 0 Å². The number of hydrazine groups is 1. The molecular formula is C16H28N4. The highest BCUT2D eigenvalue weighted by atomic mass is 15.3. The van der Waals surface area contributed by atoms with Gasteiger partial charge < -0.3 is 0 Å². The number of nitrogens with zero attached hydrogens (tertiary/aromatic N) is 2. The minimum Gasteiger partial charge on any atom is -0.296 e. The summed E-state index contributed by atoms with van der Waals surface area (Å²) >= 11 is 0. The summed E-state index contributed by atoms with van der Waals surface area (Å²) in [6.07, 6.45) is 9.04. The molecule has 0 aliphatic carbocycles. The first-order valence-electron chi connectivity index (χ1n) is 7.69. The number of likely N-dealkylation sites (tertiary alicyclic amines) is 1. The maximum atomic E-state index is 5.90. The smallest absolute Gasteiger partial charge is 0.0656 e. The zero-order valence-electron chi connectivity index (χ0n) is 13.0. The quantitative estimate of drug-likeness (QED) is 0.655. The third kappa shape index (κ3) is 3.19. The molecule has 0 aromatic carbocycles. The molecule has 1 aromatic heterocycles. The van der Waals surface area contributed by atoms with E-state index in [9.17, 15) is 0 Å². The van der Waals surface area contributed by atoms with Gasteiger partial charge in [0.25, 0.3) is 0 Å². The van der Waals surface area contributed by atoms with E-state index >= 15 is 0 Å². The lowest BCUT2D eigenvalue weighted by Gasteiger charge is -2.44. The summed E-state index contributed by atoms with van der Waals surface area (Å²) in [5.41, 5.74) is 5.45. The molecule has 0 amide bonds. The fourth-order valence-corrected chi connectivity index (χ4v) is 3.28. The van der Waals surface area contributed by atoms with Gasteiger partial charge in [-0.3, -0.25) is 21.2 Å². The predicted molar refractivity (Wildman–Crippen MR) is 83.2 cm³/mol. The van der Waals surface area contributed by atoms with E-state index in [2.05, 4.69) is 42.1 Å². The van der Waals surface area contributed by atoms with E-state index in [0.29, 0.717) is 0 Å². The van der Waals surface area contributed by atoms with Crippen molar-refractivity contribution >= 4 is 0 Å². The molecule has 1 aliphatic heterocycles. The molecule has 4 heteroatoms. The monoisotopic (exact) mass is 276 g/mol. The Morgan fingerprint density at radius 1 is 1.25 bits per heavy atom. The van der Waals surface area contributed by atoms with E-state index in [1.54, 1.807) is 0 Å². The molecule has 3 N–H and O–H groups in total. The Morgan fingerprint density at radius 3 is 2.45 bits per heavy atom. The van der Waals surface area contributed by atoms with Crippen LogP contribution in [0.3, 0.4) is 0 Å². The summed E-state index contributed by atoms with van der Waals surface area (Å²) in [7, 11) is 0. The SMILES string of the molecule is Cc1ccncc1C(NN)C(C)(C)N1CCCCCC1. The first-order valence-corrected chi connectivity index (χ1v) is 7.69. The van der Waals surface area contributed by atoms with Crippen molar-refractivity contribution in [3.8, 4) is 0 Å². The second-order valence-electron chi connectivity index (χ2n) is 6.39. The lowest BCUT2D eigenvalue weighted by atomic mass is 9.86. The van der Waals surface area contributed by atoms with Crippen molar-refractivity contribution in [2.24, 2.45) is 5.84 Å². The number of rotatable bonds is 4. The van der Waals surface area contributed by atoms with Crippen molar-refractivity contribution in [1.82, 2.24) is 15.3 Å². The second kappa shape index (κ2) is 6.66. The fraction of sp³-hybridized carbons (Fsp3) is 0.688. The van der Waals surface area contributed by atoms with Crippen LogP contribution in [0.2, 0.25) is 0 Å². The highest BCUT2D eigenvalue weighted by Gasteiger charge is 2.36. The Kier molecular flexibility index (Phi) is 5.13. The standard InChI is InChI=1S/C16H28N4/c1-13-8-9-18-12-14(13)15(19-17)16(2,3)20-10-6-4-5-7-11-20/h8-9,12,15,19H,4-7,10-11,17H2,1-3H3. The lowest BCUT2D eigenvalue weighted by Crippen LogP contribution is -2.54. The number of aromatic nitrogens is 1. The Labute approximate surface area is 122 Å². The van der Waals surface area contributed by atoms with E-state index < -0.39 is 0 Å². The molecule has 0 radical (unpaired) electrons. The van der Waals surface area contributed by atoms with Crippen LogP contribution in [0.5, 0.6) is 0 Å². The highest BCUT2D eigenvalue weighted by Crippen LogP contribution is 2.33. The van der Waals surface area contributed by atoms with Gasteiger partial charge in [-0.15, -0.1) is 0 Å². The van der Waals surface area contributed by atoms with E-state index in [1.807, 2.05) is 12.4 Å². The van der Waals surface area contributed by atoms with Crippen LogP contribution in [0.25, 0.3) is 0 Å². The Balaban J connectivity index is 2.26. The van der Waals surface area contributed by atoms with Gasteiger partial charge in [0.05, 0.1) is 6.04 Å². The topological polar surface area (TPSA) is 54.2 Å². The van der Waals surface area contributed by atoms with Crippen LogP contribution in [0, 0.1) is 6.92 Å². The van der Waals surface area contributed by atoms with E-state index in [-0.39, 0.29) is 11.6 Å². The van der Waals surface area contributed by atoms with E-state index in [0.717, 1.165) is 13.1 Å². The van der Waals surface area contributed by atoms with Gasteiger partial charge in [0.1, 0.15) is 0 Å². The third-order valence-corrected chi connectivity index (χ3v) is 4.68. The van der Waals surface area contributed by atoms with Crippen molar-refractivity contribution in [3.63, 3.8) is 0 Å². The molecule has 1 atom stereocenters. The Bertz CT molecular complexity index is 422. The molecule has 4 nitrogen and oxygen atoms in total. The largest absolute Gasteiger partial charge is 0.296 e. The third-order valence-electron chi connectivity index (χ3n) is 4.68. The molecule has 1 fully saturated rings. The van der Waals surface area contributed by atoms with Crippen molar-refractivity contribution in [3.05, 3.63) is 29.6 Å². The zero-order valence-corrected chi connectivity index (χ0v) is 13.0. The van der Waals surface area contributed by atoms with Crippen LogP contribution >= 0.6 is 0 Å². The van der Waals surface area contributed by atoms with Gasteiger partial charge >= 0.3 is 0 Å². The number of hydrogen-bond donors (Lipinski definition) is 2. The van der Waals surface area contributed by atoms with Gasteiger partial charge in [-0.05, 0) is 63.9 Å². The van der Waals surface area contributed by atoms with Crippen molar-refractivity contribution in [1.29, 1.82) is 0 Å². The summed E-state index contributed by atoms with van der Waals surface area (Å²) < 4.78 is 0. The summed E-state index contributed by atoms with van der Waals surface area (Å²) in [5, 5.41) is 0. The first-order chi connectivity index (χ1) is 9.57. The molecule has 112 valence electrons. The molecule has 0 spiro atoms. The number of nitrogens with two attached hydrogens (primary N) is 1. The molecule has 1 aliphatic rings. The molecule has 2 rings (SSSR count). The number of pyridine rings is 1. The molecule has 1 saturated heterocycles. The van der Waals surface area contributed by atoms with Crippen LogP contribution < -0.4 is 11.3 Å². The van der Waals surface area contributed by atoms with Crippen molar-refractivity contribution in [2.45, 2.75) is 58.0 Å². The Hall–Kier alpha value is -0.970. The van der Waals surface area contributed by atoms with E-state index in [4.69, 9.17) is 5.84 Å². The summed E-state index contributed by atoms with van der Waals surface area (Å²) in [6.45, 7) is 9.01. The fourth-order valence-electron chi connectivity index (χ4n) is 3.28. The minimum absolute atomic E-state index is 0.0209. The summed E-state index contributed by atoms with van der Waals surface area (Å²) in [4.78, 5) is 6.86. The van der Waals surface area contributed by atoms with Crippen LogP contribution in [-0.2, 0) is 0 Å². The van der Waals surface area contributed by atoms with E-state index in [1.165, 1.54) is 36.8 Å². The molecule has 1 unspecified atom stereocenters. The predicted octanol–water partition coefficient (Wildman–Crippen LogP) is 2.55. The first kappa shape index (κ1) is 15.4. The van der Waals surface area contributed by atoms with Gasteiger partial charge in [0.2, 0.25) is 0 Å². The molecule has 0 saturated carbocycles. The van der Waals surface area contributed by atoms with Gasteiger partial charge in [-0.25, -0.2) is 0 Å². The molecular weight excluding hydrogens is 248 g/mol. The summed E-state index contributed by atoms with van der Waals surface area (Å²) in [5.74, 6) is 5.90. The van der Waals surface area contributed by atoms with Crippen LogP contribution in [-0.4, -0.2) is 28.5 Å². The van der Waals surface area contributed by atoms with Crippen LogP contribution in [0.1, 0.15) is 56.7 Å². The number of aryl methyl sites for hydroxylation is 1. The maximum absolute atomic E-state index is 5.90. The number of hydrogen-bond acceptors (Lipinski definition) is 4. The lowest BCUT2D eigenvalue weighted by molar-refractivity contribution is 0.0830. The van der Waals surface area contributed by atoms with Crippen molar-refractivity contribution in [2.75, 3.05) is 13.1 Å². The maximum Gasteiger partial charge on any atom is 0.0656 e. The molecule has 2 heterocycles. The average Bonchev–Trinajstić information content (AvgIpc) is 2.71. The molecule has 1 aromatic rings. The molecule has 20 heavy (non-hydrogen) atoms. The average molecular weight is 276 g/mol. The number of nitrogens with one attached hydrogen (secondary N) is 1. The van der Waals surface area contributed by atoms with Crippen LogP contribution in [0.4, 0.5) is 0 Å². The second-order valence-corrected chi connectivity index (χ2v) is 6.39. The highest BCUT2D eigenvalue weighted by molar-refractivity contribution is 5.28. The summed E-state index contributed by atoms with van der Waals surface area (Å²) in [6, 6.07) is 2.15. The zero-order chi connectivity index (χ0) is 14.6.